The van der Waals surface area contributed by atoms with Crippen molar-refractivity contribution in [1.29, 1.82) is 0 Å². The molecule has 0 saturated carbocycles. The number of hydrogen-bond donors (Lipinski definition) is 7. The molecule has 0 bridgehead atoms. The van der Waals surface area contributed by atoms with Gasteiger partial charge in [-0.25, -0.2) is 43.9 Å². The molecule has 0 aromatic heterocycles. The number of rotatable bonds is 21. The Kier molecular flexibility index (Phi) is 66.1. The minimum absolute atomic E-state index is 0. The molecule has 1 unspecified atom stereocenters. The summed E-state index contributed by atoms with van der Waals surface area (Å²) < 4.78 is 171. The summed E-state index contributed by atoms with van der Waals surface area (Å²) in [6.45, 7) is 8.99. The van der Waals surface area contributed by atoms with Crippen LogP contribution in [0.5, 0.6) is 40.2 Å². The Balaban J connectivity index is 0.000000416. The molecule has 0 radical (unpaired) electrons. The first-order valence-electron chi connectivity index (χ1n) is 42.9. The van der Waals surface area contributed by atoms with Crippen molar-refractivity contribution in [2.75, 3.05) is 47.8 Å². The molecule has 16 rings (SSSR count). The van der Waals surface area contributed by atoms with Crippen LogP contribution in [-0.2, 0) is 54.6 Å². The first kappa shape index (κ1) is 128. The summed E-state index contributed by atoms with van der Waals surface area (Å²) in [4.78, 5) is 0. The van der Waals surface area contributed by atoms with Gasteiger partial charge in [-0.1, -0.05) is 236 Å². The number of unbranched alkanes of at least 4 members (excludes halogenated alkanes) is 3. The molecule has 14 aromatic rings. The van der Waals surface area contributed by atoms with Crippen LogP contribution in [0.4, 0.5) is 43.9 Å². The van der Waals surface area contributed by atoms with Crippen molar-refractivity contribution in [1.82, 2.24) is 0 Å². The third-order valence-corrected chi connectivity index (χ3v) is 22.1. The Morgan fingerprint density at radius 3 is 0.894 bits per heavy atom. The van der Waals surface area contributed by atoms with Gasteiger partial charge in [0.15, 0.2) is 58.2 Å². The fraction of sp³-hybridized carbons (Fsp3) is 0.215. The topological polar surface area (TPSA) is 206 Å². The van der Waals surface area contributed by atoms with Gasteiger partial charge < -0.3 is 68.6 Å². The van der Waals surface area contributed by atoms with E-state index in [0.717, 1.165) is 56.1 Å². The van der Waals surface area contributed by atoms with Crippen LogP contribution >= 0.6 is 106 Å². The van der Waals surface area contributed by atoms with Crippen LogP contribution in [0.1, 0.15) is 97.6 Å². The molecule has 768 valence electrons. The second-order valence-electron chi connectivity index (χ2n) is 29.5. The number of phenolic OH excluding ortho intramolecular Hbond substituents is 2. The summed E-state index contributed by atoms with van der Waals surface area (Å²) in [7, 11) is 21.1. The van der Waals surface area contributed by atoms with Gasteiger partial charge in [0.05, 0.1) is 38.1 Å². The predicted octanol–water partition coefficient (Wildman–Crippen LogP) is 29.3. The molecule has 2 aliphatic rings. The van der Waals surface area contributed by atoms with Gasteiger partial charge in [0.2, 0.25) is 0 Å². The van der Waals surface area contributed by atoms with Gasteiger partial charge in [-0.2, -0.15) is 0 Å². The number of ether oxygens (including phenoxy) is 7. The van der Waals surface area contributed by atoms with Gasteiger partial charge >= 0.3 is 84.2 Å². The average molecular weight is 2570 g/mol. The van der Waals surface area contributed by atoms with Gasteiger partial charge in [0, 0.05) is 54.2 Å². The third-order valence-electron chi connectivity index (χ3n) is 19.6. The van der Waals surface area contributed by atoms with Crippen LogP contribution in [0, 0.1) is 68.9 Å². The number of benzene rings is 14. The van der Waals surface area contributed by atoms with Crippen molar-refractivity contribution in [3.63, 3.8) is 0 Å². The van der Waals surface area contributed by atoms with E-state index < -0.39 is 72.4 Å². The molecule has 0 spiro atoms. The number of aromatic hydroxyl groups is 2. The molecule has 0 amide bonds. The third kappa shape index (κ3) is 47.8. The zero-order valence-corrected chi connectivity index (χ0v) is 88.9. The Bertz CT molecular complexity index is 5770. The van der Waals surface area contributed by atoms with Crippen LogP contribution < -0.4 is 34.6 Å². The number of aliphatic hydroxyl groups is 1. The Hall–Kier alpha value is -8.50. The Morgan fingerprint density at radius 2 is 0.606 bits per heavy atom. The van der Waals surface area contributed by atoms with Crippen LogP contribution in [0.25, 0.3) is 55.6 Å². The van der Waals surface area contributed by atoms with E-state index in [1.165, 1.54) is 106 Å². The van der Waals surface area contributed by atoms with Gasteiger partial charge in [0.1, 0.15) is 53.5 Å². The van der Waals surface area contributed by atoms with Crippen molar-refractivity contribution in [3.8, 4) is 95.9 Å². The van der Waals surface area contributed by atoms with Crippen molar-refractivity contribution in [3.05, 3.63) is 383 Å². The average Bonchev–Trinajstić information content (AvgIpc) is 0.824. The van der Waals surface area contributed by atoms with Gasteiger partial charge in [-0.15, -0.1) is 0 Å². The zero-order valence-electron chi connectivity index (χ0n) is 76.3. The zero-order chi connectivity index (χ0) is 103. The number of hydrogen-bond acceptors (Lipinski definition) is 14. The summed E-state index contributed by atoms with van der Waals surface area (Å²) in [6, 6.07) is 82.8. The standard InChI is InChI=1S/C25H18F2O2.C13H13BO3.C13H9F2IO.C13H10F2O.C12H7F2IO.C8H18O.C7H9BO3.C6H3F2I.2C4H8O.2CH4.4ClH.2Pd/c26-24-22(18-6-10-20(28)11-7-18)14-15-23(25(24)27)19-8-12-21(13-9-19)29-16-17-4-2-1-3-5-17;15-14(16)12-6-8-13(9-7-12)17-10-11-4-2-1-3-5-11;1-17-9-4-2-8(3-5-9)10-6-7-11(16)13(15)12(10)14;1-16-10-7-5-9(6-8-10)11-3-2-4-12(14)13(11)15;13-11-9(5-6-10(15)12(11)14)7-1-3-8(16)4-2-7;1-3-4-5-6-7-8(2)9;1-11-7-4-2-6(3-5-7)8(9)10;7-4-2-1-3-5(9)6(4)8;2*1-2-4-5-3-1;;;;;;;;/h1-15,28H,16H2;1-9,15-16H,10H2;2-7H,1H3;2-8H,1H3;1-6,16H;8-9H,3-7H2,1-2H3;2-5,9-10H,1H3;1-3H;2*1-4H2;2*1H4;4*1H;;/q;;;;;;;;;;;;;;;;2*+2/p-4. The molecule has 0 aliphatic carbocycles. The predicted molar refractivity (Wildman–Crippen MR) is 572 cm³/mol. The van der Waals surface area contributed by atoms with Crippen molar-refractivity contribution < 1.29 is 144 Å². The summed E-state index contributed by atoms with van der Waals surface area (Å²) in [6.07, 6.45) is 11.0. The minimum atomic E-state index is -1.43. The SMILES string of the molecule is C.C.C1CCOC1.C1CCOC1.CCCCCCC(C)O.COc1ccc(-c2ccc(I)c(F)c2F)cc1.COc1ccc(-c2cccc(F)c2F)cc1.COc1ccc(B(O)O)cc1.Fc1cccc(I)c1F.OB(O)c1ccc(OCc2ccccc2)cc1.Oc1ccc(-c2ccc(-c3ccc(OCc4ccccc4)cc3)c(F)c2F)cc1.Oc1ccc(-c2ccc(I)c(F)c2F)cc1.[Cl][Pd][Cl].[Cl][Pd][Cl]. The molecule has 1 atom stereocenters. The number of phenols is 2. The van der Waals surface area contributed by atoms with E-state index in [9.17, 15) is 49.0 Å². The number of methoxy groups -OCH3 is 3. The molecule has 2 saturated heterocycles. The monoisotopic (exact) mass is 2560 g/mol. The summed E-state index contributed by atoms with van der Waals surface area (Å²) in [5.41, 5.74) is 6.93. The molecule has 2 aliphatic heterocycles. The molecule has 142 heavy (non-hydrogen) atoms. The van der Waals surface area contributed by atoms with Crippen LogP contribution in [-0.4, -0.2) is 104 Å². The van der Waals surface area contributed by atoms with Gasteiger partial charge in [-0.05, 0) is 272 Å². The Morgan fingerprint density at radius 1 is 0.331 bits per heavy atom. The summed E-state index contributed by atoms with van der Waals surface area (Å²) in [5.74, 6) is -4.79. The van der Waals surface area contributed by atoms with Crippen LogP contribution in [0.3, 0.4) is 0 Å². The molecular weight excluding hydrogens is 2460 g/mol. The first-order valence-corrected chi connectivity index (χ1v) is 54.2. The fourth-order valence-corrected chi connectivity index (χ4v) is 13.4. The second-order valence-corrected chi connectivity index (χ2v) is 37.7. The molecule has 35 heteroatoms. The quantitative estimate of drug-likeness (QED) is 0.0118. The first-order chi connectivity index (χ1) is 67.4. The normalized spacial score (nSPS) is 11.1. The molecular formula is C107H111B2Cl4F10I3O14Pd2. The second kappa shape index (κ2) is 73.6. The van der Waals surface area contributed by atoms with E-state index in [1.807, 2.05) is 67.6 Å². The maximum atomic E-state index is 14.7. The van der Waals surface area contributed by atoms with Crippen molar-refractivity contribution in [2.45, 2.75) is 106 Å². The van der Waals surface area contributed by atoms with E-state index in [1.54, 1.807) is 265 Å². The molecule has 2 fully saturated rings. The summed E-state index contributed by atoms with van der Waals surface area (Å²) >= 11 is 5.02. The van der Waals surface area contributed by atoms with E-state index in [4.69, 9.17) is 102 Å². The van der Waals surface area contributed by atoms with Gasteiger partial charge in [-0.3, -0.25) is 0 Å². The van der Waals surface area contributed by atoms with E-state index in [-0.39, 0.29) is 99.3 Å². The number of halogens is 17. The Labute approximate surface area is 899 Å². The molecule has 7 N–H and O–H groups in total. The van der Waals surface area contributed by atoms with E-state index in [2.05, 4.69) is 6.92 Å². The molecule has 14 aromatic carbocycles. The van der Waals surface area contributed by atoms with Crippen LogP contribution in [0.15, 0.2) is 303 Å². The van der Waals surface area contributed by atoms with E-state index in [0.29, 0.717) is 84.3 Å². The van der Waals surface area contributed by atoms with Crippen molar-refractivity contribution >= 4 is 131 Å². The fourth-order valence-electron chi connectivity index (χ4n) is 12.1. The molecule has 2 heterocycles. The van der Waals surface area contributed by atoms with Crippen molar-refractivity contribution in [2.24, 2.45) is 0 Å². The molecule has 14 nitrogen and oxygen atoms in total. The van der Waals surface area contributed by atoms with Gasteiger partial charge in [0.25, 0.3) is 0 Å². The van der Waals surface area contributed by atoms with E-state index >= 15 is 0 Å². The number of aliphatic hydroxyl groups excluding tert-OH is 1. The van der Waals surface area contributed by atoms with Crippen LogP contribution in [0.2, 0.25) is 0 Å². The maximum absolute atomic E-state index is 14.7. The summed E-state index contributed by atoms with van der Waals surface area (Å²) in [5, 5.41) is 62.6.